The number of nitriles is 1. The first kappa shape index (κ1) is 27.9. The molecule has 2 bridgehead atoms. The molecule has 3 aromatic heterocycles. The van der Waals surface area contributed by atoms with Crippen LogP contribution in [0.3, 0.4) is 0 Å². The molecule has 1 unspecified atom stereocenters. The molecule has 4 atom stereocenters. The number of fused-ring (bicyclic) bond motifs is 3. The summed E-state index contributed by atoms with van der Waals surface area (Å²) in [6.45, 7) is 2.29. The zero-order valence-electron chi connectivity index (χ0n) is 22.5. The molecule has 3 aromatic rings. The van der Waals surface area contributed by atoms with Crippen molar-refractivity contribution in [1.82, 2.24) is 24.2 Å². The number of amides is 1. The van der Waals surface area contributed by atoms with E-state index < -0.39 is 27.7 Å². The fourth-order valence-electron chi connectivity index (χ4n) is 5.69. The number of pyridine rings is 1. The molecule has 3 N–H and O–H groups in total. The predicted octanol–water partition coefficient (Wildman–Crippen LogP) is 2.47. The Morgan fingerprint density at radius 2 is 1.95 bits per heavy atom. The highest BCUT2D eigenvalue weighted by Gasteiger charge is 2.45. The molecule has 212 valence electrons. The van der Waals surface area contributed by atoms with Gasteiger partial charge in [-0.25, -0.2) is 17.3 Å². The van der Waals surface area contributed by atoms with Crippen molar-refractivity contribution in [3.63, 3.8) is 0 Å². The van der Waals surface area contributed by atoms with Crippen LogP contribution in [0.2, 0.25) is 0 Å². The summed E-state index contributed by atoms with van der Waals surface area (Å²) in [5.41, 5.74) is 1.36. The number of hydrogen-bond acceptors (Lipinski definition) is 8. The van der Waals surface area contributed by atoms with Crippen LogP contribution in [0.1, 0.15) is 55.5 Å². The third kappa shape index (κ3) is 5.52. The van der Waals surface area contributed by atoms with Gasteiger partial charge in [0.15, 0.2) is 0 Å². The van der Waals surface area contributed by atoms with E-state index in [-0.39, 0.29) is 30.2 Å². The lowest BCUT2D eigenvalue weighted by molar-refractivity contribution is -0.00177. The molecule has 2 aliphatic rings. The van der Waals surface area contributed by atoms with Gasteiger partial charge in [0.25, 0.3) is 5.91 Å². The quantitative estimate of drug-likeness (QED) is 0.374. The number of aromatic nitrogens is 3. The maximum absolute atomic E-state index is 14.4. The van der Waals surface area contributed by atoms with Gasteiger partial charge in [-0.15, -0.1) is 0 Å². The molecule has 13 heteroatoms. The second kappa shape index (κ2) is 10.4. The van der Waals surface area contributed by atoms with Crippen LogP contribution < -0.4 is 10.6 Å². The lowest BCUT2D eigenvalue weighted by atomic mass is 9.98. The number of nitrogens with one attached hydrogen (secondary N) is 2. The van der Waals surface area contributed by atoms with Gasteiger partial charge in [0.1, 0.15) is 12.2 Å². The Balaban J connectivity index is 1.46. The molecule has 2 saturated heterocycles. The highest BCUT2D eigenvalue weighted by molar-refractivity contribution is 7.88. The Morgan fingerprint density at radius 1 is 1.25 bits per heavy atom. The van der Waals surface area contributed by atoms with E-state index in [1.165, 1.54) is 32.5 Å². The predicted molar refractivity (Wildman–Crippen MR) is 147 cm³/mol. The fourth-order valence-corrected chi connectivity index (χ4v) is 7.16. The minimum Gasteiger partial charge on any atom is -0.387 e. The van der Waals surface area contributed by atoms with Gasteiger partial charge in [-0.3, -0.25) is 9.78 Å². The van der Waals surface area contributed by atoms with E-state index in [9.17, 15) is 28.0 Å². The molecular weight excluding hydrogens is 537 g/mol. The number of anilines is 1. The summed E-state index contributed by atoms with van der Waals surface area (Å²) in [6, 6.07) is 8.81. The summed E-state index contributed by atoms with van der Waals surface area (Å²) in [5, 5.41) is 29.4. The number of rotatable bonds is 8. The van der Waals surface area contributed by atoms with Crippen molar-refractivity contribution in [1.29, 1.82) is 5.26 Å². The van der Waals surface area contributed by atoms with Gasteiger partial charge in [0.05, 0.1) is 58.3 Å². The van der Waals surface area contributed by atoms with Crippen LogP contribution in [-0.4, -0.2) is 81.0 Å². The number of carbonyl (C=O) groups is 1. The van der Waals surface area contributed by atoms with E-state index in [0.29, 0.717) is 41.0 Å². The second-order valence-corrected chi connectivity index (χ2v) is 13.0. The largest absolute Gasteiger partial charge is 0.387 e. The molecule has 5 rings (SSSR count). The first-order chi connectivity index (χ1) is 18.8. The van der Waals surface area contributed by atoms with Crippen molar-refractivity contribution in [3.8, 4) is 17.5 Å². The minimum absolute atomic E-state index is 0.0945. The number of carbonyl (C=O) groups excluding carboxylic acids is 1. The summed E-state index contributed by atoms with van der Waals surface area (Å²) >= 11 is 0. The van der Waals surface area contributed by atoms with Gasteiger partial charge in [0, 0.05) is 24.3 Å². The van der Waals surface area contributed by atoms with Crippen molar-refractivity contribution in [2.75, 3.05) is 18.1 Å². The van der Waals surface area contributed by atoms with Crippen LogP contribution >= 0.6 is 0 Å². The molecule has 2 aliphatic heterocycles. The summed E-state index contributed by atoms with van der Waals surface area (Å²) < 4.78 is 42.3. The van der Waals surface area contributed by atoms with Gasteiger partial charge in [-0.1, -0.05) is 0 Å². The maximum Gasteiger partial charge on any atom is 0.255 e. The lowest BCUT2D eigenvalue weighted by Crippen LogP contribution is -2.49. The Kier molecular flexibility index (Phi) is 7.28. The zero-order valence-corrected chi connectivity index (χ0v) is 23.3. The fraction of sp³-hybridized carbons (Fsp3) is 0.481. The highest BCUT2D eigenvalue weighted by atomic mass is 32.2. The van der Waals surface area contributed by atoms with E-state index in [4.69, 9.17) is 0 Å². The van der Waals surface area contributed by atoms with Crippen LogP contribution in [0.15, 0.2) is 36.7 Å². The zero-order chi connectivity index (χ0) is 28.8. The first-order valence-corrected chi connectivity index (χ1v) is 15.0. The third-order valence-electron chi connectivity index (χ3n) is 7.66. The molecule has 0 radical (unpaired) electrons. The van der Waals surface area contributed by atoms with Gasteiger partial charge in [0.2, 0.25) is 10.0 Å². The monoisotopic (exact) mass is 569 g/mol. The number of piperidine rings is 1. The highest BCUT2D eigenvalue weighted by Crippen LogP contribution is 2.39. The lowest BCUT2D eigenvalue weighted by Gasteiger charge is -2.38. The van der Waals surface area contributed by atoms with Gasteiger partial charge in [-0.05, 0) is 63.8 Å². The molecule has 40 heavy (non-hydrogen) atoms. The summed E-state index contributed by atoms with van der Waals surface area (Å²) in [5.74, 6) is -0.554. The Labute approximate surface area is 232 Å². The average Bonchev–Trinajstić information content (AvgIpc) is 3.44. The molecule has 11 nitrogen and oxygen atoms in total. The van der Waals surface area contributed by atoms with Gasteiger partial charge >= 0.3 is 0 Å². The van der Waals surface area contributed by atoms with Crippen molar-refractivity contribution >= 4 is 27.1 Å². The van der Waals surface area contributed by atoms with Crippen LogP contribution in [0, 0.1) is 11.3 Å². The standard InChI is InChI=1S/C27H32FN7O4S/c1-27(2,37)25(28)15-31-26(36)21-14-30-23(24-7-6-18-8-16(12-29)13-32-34(18)24)11-22(21)33-17-9-19-4-5-20(10-17)35(19)40(3,38)39/h6-8,11,13-14,17,19-20,25,37H,4-5,9-10,15H2,1-3H3,(H,30,33)(H,31,36)/t17?,19-,20+,25-/m1/s1. The van der Waals surface area contributed by atoms with Crippen LogP contribution in [0.4, 0.5) is 10.1 Å². The van der Waals surface area contributed by atoms with Crippen molar-refractivity contribution < 1.29 is 22.7 Å². The summed E-state index contributed by atoms with van der Waals surface area (Å²) in [7, 11) is -3.32. The SMILES string of the molecule is CC(C)(O)[C@H](F)CNC(=O)c1cnc(-c2ccc3cc(C#N)cnn23)cc1NC1C[C@H]2CC[C@@H](C1)N2S(C)(=O)=O. The smallest absolute Gasteiger partial charge is 0.255 e. The Bertz CT molecular complexity index is 1580. The van der Waals surface area contributed by atoms with E-state index in [0.717, 1.165) is 12.8 Å². The topological polar surface area (TPSA) is 153 Å². The van der Waals surface area contributed by atoms with E-state index in [1.807, 2.05) is 12.1 Å². The number of nitrogens with zero attached hydrogens (tertiary/aromatic N) is 5. The molecule has 2 fully saturated rings. The normalized spacial score (nSPS) is 22.1. The van der Waals surface area contributed by atoms with Crippen molar-refractivity contribution in [2.45, 2.75) is 69.4 Å². The number of sulfonamides is 1. The first-order valence-electron chi connectivity index (χ1n) is 13.1. The van der Waals surface area contributed by atoms with E-state index >= 15 is 0 Å². The molecule has 0 aromatic carbocycles. The second-order valence-electron chi connectivity index (χ2n) is 11.1. The van der Waals surface area contributed by atoms with Gasteiger partial charge in [-0.2, -0.15) is 14.7 Å². The minimum atomic E-state index is -3.32. The molecule has 1 amide bonds. The number of hydrogen-bond donors (Lipinski definition) is 3. The third-order valence-corrected chi connectivity index (χ3v) is 9.02. The van der Waals surface area contributed by atoms with E-state index in [2.05, 4.69) is 26.8 Å². The molecular formula is C27H32FN7O4S. The van der Waals surface area contributed by atoms with Gasteiger partial charge < -0.3 is 15.7 Å². The number of alkyl halides is 1. The van der Waals surface area contributed by atoms with Crippen molar-refractivity contribution in [3.05, 3.63) is 47.8 Å². The summed E-state index contributed by atoms with van der Waals surface area (Å²) in [6.07, 6.45) is 5.17. The summed E-state index contributed by atoms with van der Waals surface area (Å²) in [4.78, 5) is 17.7. The number of aliphatic hydroxyl groups is 1. The Hall–Kier alpha value is -3.60. The maximum atomic E-state index is 14.4. The molecule has 0 aliphatic carbocycles. The number of halogens is 1. The van der Waals surface area contributed by atoms with Crippen LogP contribution in [0.25, 0.3) is 16.9 Å². The average molecular weight is 570 g/mol. The van der Waals surface area contributed by atoms with E-state index in [1.54, 1.807) is 21.0 Å². The molecule has 5 heterocycles. The van der Waals surface area contributed by atoms with Crippen LogP contribution in [0.5, 0.6) is 0 Å². The Morgan fingerprint density at radius 3 is 2.58 bits per heavy atom. The molecule has 0 spiro atoms. The van der Waals surface area contributed by atoms with Crippen molar-refractivity contribution in [2.24, 2.45) is 0 Å². The van der Waals surface area contributed by atoms with Crippen LogP contribution in [-0.2, 0) is 10.0 Å². The molecule has 0 saturated carbocycles.